The number of amides is 4. The van der Waals surface area contributed by atoms with Crippen molar-refractivity contribution in [3.63, 3.8) is 0 Å². The van der Waals surface area contributed by atoms with Crippen molar-refractivity contribution < 1.29 is 28.7 Å². The van der Waals surface area contributed by atoms with Gasteiger partial charge >= 0.3 is 0 Å². The number of primary amides is 1. The van der Waals surface area contributed by atoms with Crippen molar-refractivity contribution in [1.29, 1.82) is 0 Å². The summed E-state index contributed by atoms with van der Waals surface area (Å²) >= 11 is 0. The van der Waals surface area contributed by atoms with E-state index < -0.39 is 35.7 Å². The molecule has 202 valence electrons. The number of aromatic nitrogens is 1. The summed E-state index contributed by atoms with van der Waals surface area (Å²) in [6, 6.07) is 5.57. The van der Waals surface area contributed by atoms with Gasteiger partial charge < -0.3 is 30.7 Å². The first-order valence-corrected chi connectivity index (χ1v) is 12.7. The Morgan fingerprint density at radius 2 is 1.84 bits per heavy atom. The smallest absolute Gasteiger partial charge is 0.257 e. The third kappa shape index (κ3) is 5.71. The van der Waals surface area contributed by atoms with E-state index in [1.807, 2.05) is 0 Å². The van der Waals surface area contributed by atoms with Gasteiger partial charge in [-0.1, -0.05) is 25.3 Å². The molecule has 0 spiro atoms. The maximum absolute atomic E-state index is 14.2. The minimum absolute atomic E-state index is 0.0425. The zero-order valence-corrected chi connectivity index (χ0v) is 21.6. The molecule has 0 saturated heterocycles. The predicted octanol–water partition coefficient (Wildman–Crippen LogP) is 2.32. The van der Waals surface area contributed by atoms with Gasteiger partial charge in [-0.05, 0) is 37.5 Å². The highest BCUT2D eigenvalue weighted by Crippen LogP contribution is 2.38. The second-order valence-electron chi connectivity index (χ2n) is 9.48. The first-order valence-electron chi connectivity index (χ1n) is 12.7. The number of hydrogen-bond acceptors (Lipinski definition) is 7. The highest BCUT2D eigenvalue weighted by Gasteiger charge is 2.44. The van der Waals surface area contributed by atoms with Gasteiger partial charge in [-0.25, -0.2) is 0 Å². The fraction of sp³-hybridized carbons (Fsp3) is 0.444. The van der Waals surface area contributed by atoms with Gasteiger partial charge in [0.1, 0.15) is 6.04 Å². The number of nitrogens with zero attached hydrogens (tertiary/aromatic N) is 2. The number of rotatable bonds is 9. The molecule has 0 bridgehead atoms. The SMILES string of the molecule is COc1cc2c(cc1OC)C(=O)N(C(C(=O)NC1CCCCC1)c1ccccn1)C(CCC(N)=O)C(=O)N2. The number of hydrogen-bond donors (Lipinski definition) is 3. The average Bonchev–Trinajstić information content (AvgIpc) is 3.01. The first-order chi connectivity index (χ1) is 18.3. The molecular weight excluding hydrogens is 490 g/mol. The Morgan fingerprint density at radius 1 is 1.13 bits per heavy atom. The van der Waals surface area contributed by atoms with Crippen LogP contribution in [0.5, 0.6) is 11.5 Å². The van der Waals surface area contributed by atoms with Gasteiger partial charge in [0.25, 0.3) is 5.91 Å². The highest BCUT2D eigenvalue weighted by atomic mass is 16.5. The summed E-state index contributed by atoms with van der Waals surface area (Å²) in [6.45, 7) is 0. The van der Waals surface area contributed by atoms with E-state index >= 15 is 0 Å². The molecule has 38 heavy (non-hydrogen) atoms. The van der Waals surface area contributed by atoms with Crippen molar-refractivity contribution in [2.45, 2.75) is 63.1 Å². The molecular formula is C27H33N5O6. The van der Waals surface area contributed by atoms with Gasteiger partial charge in [0.05, 0.1) is 31.2 Å². The summed E-state index contributed by atoms with van der Waals surface area (Å²) < 4.78 is 10.7. The summed E-state index contributed by atoms with van der Waals surface area (Å²) in [5, 5.41) is 5.85. The molecule has 4 N–H and O–H groups in total. The van der Waals surface area contributed by atoms with Gasteiger partial charge in [0.15, 0.2) is 17.5 Å². The van der Waals surface area contributed by atoms with Crippen LogP contribution < -0.4 is 25.8 Å². The molecule has 4 rings (SSSR count). The lowest BCUT2D eigenvalue weighted by Gasteiger charge is -2.36. The van der Waals surface area contributed by atoms with Crippen LogP contribution >= 0.6 is 0 Å². The molecule has 11 nitrogen and oxygen atoms in total. The molecule has 4 amide bonds. The summed E-state index contributed by atoms with van der Waals surface area (Å²) in [5.74, 6) is -1.62. The number of methoxy groups -OCH3 is 2. The molecule has 0 radical (unpaired) electrons. The largest absolute Gasteiger partial charge is 0.493 e. The molecule has 11 heteroatoms. The molecule has 1 aliphatic heterocycles. The van der Waals surface area contributed by atoms with Crippen molar-refractivity contribution in [1.82, 2.24) is 15.2 Å². The van der Waals surface area contributed by atoms with Gasteiger partial charge in [0, 0.05) is 24.7 Å². The minimum atomic E-state index is -1.23. The van der Waals surface area contributed by atoms with Gasteiger partial charge in [-0.3, -0.25) is 24.2 Å². The molecule has 1 fully saturated rings. The number of anilines is 1. The van der Waals surface area contributed by atoms with Crippen LogP contribution in [0.4, 0.5) is 5.69 Å². The number of fused-ring (bicyclic) bond motifs is 1. The van der Waals surface area contributed by atoms with E-state index in [9.17, 15) is 19.2 Å². The van der Waals surface area contributed by atoms with Crippen LogP contribution in [0.3, 0.4) is 0 Å². The Kier molecular flexibility index (Phi) is 8.45. The van der Waals surface area contributed by atoms with Crippen molar-refractivity contribution in [3.8, 4) is 11.5 Å². The fourth-order valence-electron chi connectivity index (χ4n) is 5.10. The second kappa shape index (κ2) is 11.9. The number of carbonyl (C=O) groups is 4. The molecule has 1 saturated carbocycles. The standard InChI is InChI=1S/C27H33N5O6/c1-37-21-14-17-19(15-22(21)38-2)31-25(34)20(11-12-23(28)33)32(27(17)36)24(18-10-6-7-13-29-18)26(35)30-16-8-4-3-5-9-16/h6-7,10,13-16,20,24H,3-5,8-9,11-12H2,1-2H3,(H2,28,33)(H,30,35)(H,31,34). The molecule has 2 atom stereocenters. The van der Waals surface area contributed by atoms with E-state index in [4.69, 9.17) is 15.2 Å². The van der Waals surface area contributed by atoms with Gasteiger partial charge in [0.2, 0.25) is 17.7 Å². The summed E-state index contributed by atoms with van der Waals surface area (Å²) in [6.07, 6.45) is 6.07. The normalized spacial score (nSPS) is 18.6. The van der Waals surface area contributed by atoms with Crippen molar-refractivity contribution in [2.24, 2.45) is 5.73 Å². The number of nitrogens with one attached hydrogen (secondary N) is 2. The first kappa shape index (κ1) is 26.9. The Hall–Kier alpha value is -4.15. The number of pyridine rings is 1. The van der Waals surface area contributed by atoms with Crippen LogP contribution in [0.1, 0.15) is 67.0 Å². The molecule has 2 heterocycles. The number of ether oxygens (including phenoxy) is 2. The van der Waals surface area contributed by atoms with Crippen LogP contribution in [0.15, 0.2) is 36.5 Å². The molecule has 2 aliphatic rings. The fourth-order valence-corrected chi connectivity index (χ4v) is 5.10. The van der Waals surface area contributed by atoms with Crippen molar-refractivity contribution in [2.75, 3.05) is 19.5 Å². The quantitative estimate of drug-likeness (QED) is 0.456. The van der Waals surface area contributed by atoms with Crippen molar-refractivity contribution >= 4 is 29.3 Å². The van der Waals surface area contributed by atoms with E-state index in [-0.39, 0.29) is 35.9 Å². The lowest BCUT2D eigenvalue weighted by molar-refractivity contribution is -0.130. The van der Waals surface area contributed by atoms with Crippen LogP contribution in [0.2, 0.25) is 0 Å². The minimum Gasteiger partial charge on any atom is -0.493 e. The van der Waals surface area contributed by atoms with Gasteiger partial charge in [-0.2, -0.15) is 0 Å². The Balaban J connectivity index is 1.84. The van der Waals surface area contributed by atoms with Crippen molar-refractivity contribution in [3.05, 3.63) is 47.8 Å². The summed E-state index contributed by atoms with van der Waals surface area (Å²) in [4.78, 5) is 59.0. The van der Waals surface area contributed by atoms with E-state index in [2.05, 4.69) is 15.6 Å². The topological polar surface area (TPSA) is 153 Å². The Labute approximate surface area is 221 Å². The molecule has 1 aromatic heterocycles. The van der Waals surface area contributed by atoms with Crippen LogP contribution in [0, 0.1) is 0 Å². The Morgan fingerprint density at radius 3 is 2.47 bits per heavy atom. The van der Waals surface area contributed by atoms with Gasteiger partial charge in [-0.15, -0.1) is 0 Å². The second-order valence-corrected chi connectivity index (χ2v) is 9.48. The van der Waals surface area contributed by atoms with E-state index in [1.54, 1.807) is 18.2 Å². The third-order valence-corrected chi connectivity index (χ3v) is 7.00. The average molecular weight is 524 g/mol. The number of benzene rings is 1. The van der Waals surface area contributed by atoms with E-state index in [0.29, 0.717) is 11.4 Å². The number of carbonyl (C=O) groups excluding carboxylic acids is 4. The highest BCUT2D eigenvalue weighted by molar-refractivity contribution is 6.11. The summed E-state index contributed by atoms with van der Waals surface area (Å²) in [5.41, 5.74) is 6.03. The van der Waals surface area contributed by atoms with Crippen LogP contribution in [-0.4, -0.2) is 59.8 Å². The van der Waals surface area contributed by atoms with Crippen LogP contribution in [0.25, 0.3) is 0 Å². The zero-order valence-electron chi connectivity index (χ0n) is 21.6. The predicted molar refractivity (Wildman–Crippen MR) is 139 cm³/mol. The maximum Gasteiger partial charge on any atom is 0.257 e. The maximum atomic E-state index is 14.2. The van der Waals surface area contributed by atoms with Crippen LogP contribution in [-0.2, 0) is 14.4 Å². The lowest BCUT2D eigenvalue weighted by Crippen LogP contribution is -2.53. The Bertz CT molecular complexity index is 1200. The molecule has 2 aromatic rings. The zero-order chi connectivity index (χ0) is 27.2. The third-order valence-electron chi connectivity index (χ3n) is 7.00. The number of nitrogens with two attached hydrogens (primary N) is 1. The van der Waals surface area contributed by atoms with E-state index in [1.165, 1.54) is 37.4 Å². The summed E-state index contributed by atoms with van der Waals surface area (Å²) in [7, 11) is 2.88. The molecule has 1 aliphatic carbocycles. The lowest BCUT2D eigenvalue weighted by atomic mass is 9.94. The monoisotopic (exact) mass is 523 g/mol. The molecule has 1 aromatic carbocycles. The molecule has 2 unspecified atom stereocenters. The van der Waals surface area contributed by atoms with E-state index in [0.717, 1.165) is 32.1 Å².